The molecule has 0 spiro atoms. The number of hydrogen-bond donors (Lipinski definition) is 3. The van der Waals surface area contributed by atoms with Crippen molar-refractivity contribution >= 4 is 17.8 Å². The van der Waals surface area contributed by atoms with Crippen LogP contribution in [0, 0.1) is 0 Å². The summed E-state index contributed by atoms with van der Waals surface area (Å²) >= 11 is 0. The summed E-state index contributed by atoms with van der Waals surface area (Å²) in [6.45, 7) is 4.11. The smallest absolute Gasteiger partial charge is 0.315 e. The summed E-state index contributed by atoms with van der Waals surface area (Å²) in [6, 6.07) is 7.98. The molecule has 34 heavy (non-hydrogen) atoms. The molecule has 1 aromatic rings. The highest BCUT2D eigenvalue weighted by atomic mass is 16.2. The molecular weight excluding hydrogens is 430 g/mol. The van der Waals surface area contributed by atoms with E-state index in [1.165, 1.54) is 19.3 Å². The average Bonchev–Trinajstić information content (AvgIpc) is 3.40. The van der Waals surface area contributed by atoms with Crippen LogP contribution < -0.4 is 16.0 Å². The molecule has 186 valence electrons. The van der Waals surface area contributed by atoms with Crippen molar-refractivity contribution in [1.29, 1.82) is 0 Å². The maximum Gasteiger partial charge on any atom is 0.315 e. The molecule has 3 fully saturated rings. The van der Waals surface area contributed by atoms with Crippen LogP contribution in [0.25, 0.3) is 0 Å². The molecule has 1 aliphatic carbocycles. The van der Waals surface area contributed by atoms with Gasteiger partial charge in [-0.1, -0.05) is 31.4 Å². The van der Waals surface area contributed by atoms with E-state index < -0.39 is 0 Å². The van der Waals surface area contributed by atoms with Gasteiger partial charge >= 0.3 is 6.03 Å². The third kappa shape index (κ3) is 7.19. The standard InChI is InChI=1S/C26H39N5O3/c32-24(27-18-20-8-10-21(11-9-20)25(33)31-14-4-5-15-31)19-30-16-12-23(13-17-30)29-26(34)28-22-6-2-1-3-7-22/h8-11,22-23H,1-7,12-19H2,(H,27,32)(H2,28,29,34). The van der Waals surface area contributed by atoms with Gasteiger partial charge in [-0.3, -0.25) is 14.5 Å². The first-order valence-corrected chi connectivity index (χ1v) is 13.0. The minimum absolute atomic E-state index is 0.00123. The normalized spacial score (nSPS) is 20.2. The Kier molecular flexibility index (Phi) is 8.79. The molecule has 8 nitrogen and oxygen atoms in total. The van der Waals surface area contributed by atoms with Gasteiger partial charge in [0.2, 0.25) is 5.91 Å². The van der Waals surface area contributed by atoms with Gasteiger partial charge < -0.3 is 20.9 Å². The third-order valence-corrected chi connectivity index (χ3v) is 7.31. The van der Waals surface area contributed by atoms with Crippen molar-refractivity contribution in [2.24, 2.45) is 0 Å². The number of carbonyl (C=O) groups is 3. The Morgan fingerprint density at radius 1 is 0.765 bits per heavy atom. The monoisotopic (exact) mass is 469 g/mol. The Hall–Kier alpha value is -2.61. The fourth-order valence-corrected chi connectivity index (χ4v) is 5.22. The fraction of sp³-hybridized carbons (Fsp3) is 0.654. The molecule has 2 heterocycles. The molecule has 3 aliphatic rings. The first-order valence-electron chi connectivity index (χ1n) is 13.0. The lowest BCUT2D eigenvalue weighted by Gasteiger charge is -2.32. The van der Waals surface area contributed by atoms with Crippen LogP contribution in [-0.2, 0) is 11.3 Å². The van der Waals surface area contributed by atoms with Crippen molar-refractivity contribution in [3.05, 3.63) is 35.4 Å². The number of piperidine rings is 1. The molecule has 2 saturated heterocycles. The van der Waals surface area contributed by atoms with Gasteiger partial charge in [-0.25, -0.2) is 4.79 Å². The predicted octanol–water partition coefficient (Wildman–Crippen LogP) is 2.64. The van der Waals surface area contributed by atoms with Crippen LogP contribution in [0.1, 0.15) is 73.7 Å². The fourth-order valence-electron chi connectivity index (χ4n) is 5.22. The number of likely N-dealkylation sites (tertiary alicyclic amines) is 2. The van der Waals surface area contributed by atoms with Gasteiger partial charge in [0.25, 0.3) is 5.91 Å². The number of carbonyl (C=O) groups excluding carboxylic acids is 3. The number of nitrogens with zero attached hydrogens (tertiary/aromatic N) is 2. The summed E-state index contributed by atoms with van der Waals surface area (Å²) in [5.74, 6) is 0.0936. The second-order valence-electron chi connectivity index (χ2n) is 9.98. The zero-order chi connectivity index (χ0) is 23.8. The number of hydrogen-bond acceptors (Lipinski definition) is 4. The largest absolute Gasteiger partial charge is 0.351 e. The first-order chi connectivity index (χ1) is 16.6. The van der Waals surface area contributed by atoms with Crippen LogP contribution in [-0.4, -0.2) is 72.5 Å². The van der Waals surface area contributed by atoms with Crippen LogP contribution in [0.15, 0.2) is 24.3 Å². The zero-order valence-corrected chi connectivity index (χ0v) is 20.2. The van der Waals surface area contributed by atoms with Crippen LogP contribution in [0.3, 0.4) is 0 Å². The second-order valence-corrected chi connectivity index (χ2v) is 9.98. The van der Waals surface area contributed by atoms with Gasteiger partial charge in [0, 0.05) is 50.4 Å². The molecule has 0 bridgehead atoms. The Labute approximate surface area is 202 Å². The van der Waals surface area contributed by atoms with E-state index in [-0.39, 0.29) is 23.9 Å². The lowest BCUT2D eigenvalue weighted by molar-refractivity contribution is -0.122. The minimum Gasteiger partial charge on any atom is -0.351 e. The first kappa shape index (κ1) is 24.5. The predicted molar refractivity (Wildman–Crippen MR) is 131 cm³/mol. The maximum absolute atomic E-state index is 12.4. The van der Waals surface area contributed by atoms with Crippen LogP contribution in [0.4, 0.5) is 4.79 Å². The van der Waals surface area contributed by atoms with Crippen molar-refractivity contribution in [3.63, 3.8) is 0 Å². The number of benzene rings is 1. The van der Waals surface area contributed by atoms with Crippen molar-refractivity contribution in [2.45, 2.75) is 76.4 Å². The summed E-state index contributed by atoms with van der Waals surface area (Å²) in [5, 5.41) is 9.21. The quantitative estimate of drug-likeness (QED) is 0.572. The Balaban J connectivity index is 1.11. The minimum atomic E-state index is -0.0451. The van der Waals surface area contributed by atoms with Gasteiger partial charge in [-0.05, 0) is 56.2 Å². The molecule has 0 atom stereocenters. The number of urea groups is 1. The SMILES string of the molecule is O=C(CN1CCC(NC(=O)NC2CCCCC2)CC1)NCc1ccc(C(=O)N2CCCC2)cc1. The van der Waals surface area contributed by atoms with E-state index in [1.54, 1.807) is 0 Å². The molecular formula is C26H39N5O3. The molecule has 4 rings (SSSR count). The average molecular weight is 470 g/mol. The summed E-state index contributed by atoms with van der Waals surface area (Å²) in [7, 11) is 0. The summed E-state index contributed by atoms with van der Waals surface area (Å²) in [6.07, 6.45) is 9.74. The van der Waals surface area contributed by atoms with Crippen molar-refractivity contribution in [3.8, 4) is 0 Å². The molecule has 0 radical (unpaired) electrons. The van der Waals surface area contributed by atoms with Crippen molar-refractivity contribution < 1.29 is 14.4 Å². The van der Waals surface area contributed by atoms with Gasteiger partial charge in [-0.2, -0.15) is 0 Å². The van der Waals surface area contributed by atoms with E-state index in [9.17, 15) is 14.4 Å². The van der Waals surface area contributed by atoms with Crippen molar-refractivity contribution in [1.82, 2.24) is 25.8 Å². The van der Waals surface area contributed by atoms with E-state index in [4.69, 9.17) is 0 Å². The van der Waals surface area contributed by atoms with E-state index in [0.717, 1.165) is 70.3 Å². The lowest BCUT2D eigenvalue weighted by atomic mass is 9.96. The summed E-state index contributed by atoms with van der Waals surface area (Å²) in [4.78, 5) is 41.2. The number of rotatable bonds is 7. The van der Waals surface area contributed by atoms with Gasteiger partial charge in [-0.15, -0.1) is 0 Å². The number of nitrogens with one attached hydrogen (secondary N) is 3. The van der Waals surface area contributed by atoms with E-state index in [1.807, 2.05) is 29.2 Å². The number of amides is 4. The zero-order valence-electron chi connectivity index (χ0n) is 20.2. The van der Waals surface area contributed by atoms with Crippen LogP contribution >= 0.6 is 0 Å². The van der Waals surface area contributed by atoms with Gasteiger partial charge in [0.15, 0.2) is 0 Å². The highest BCUT2D eigenvalue weighted by molar-refractivity contribution is 5.94. The van der Waals surface area contributed by atoms with Crippen LogP contribution in [0.2, 0.25) is 0 Å². The lowest BCUT2D eigenvalue weighted by Crippen LogP contribution is -2.51. The molecule has 1 saturated carbocycles. The molecule has 3 N–H and O–H groups in total. The van der Waals surface area contributed by atoms with E-state index in [2.05, 4.69) is 20.9 Å². The molecule has 0 aromatic heterocycles. The second kappa shape index (κ2) is 12.2. The summed E-state index contributed by atoms with van der Waals surface area (Å²) < 4.78 is 0. The highest BCUT2D eigenvalue weighted by Gasteiger charge is 2.23. The Morgan fingerprint density at radius 3 is 2.03 bits per heavy atom. The third-order valence-electron chi connectivity index (χ3n) is 7.31. The molecule has 8 heteroatoms. The molecule has 4 amide bonds. The molecule has 2 aliphatic heterocycles. The molecule has 1 aromatic carbocycles. The highest BCUT2D eigenvalue weighted by Crippen LogP contribution is 2.18. The topological polar surface area (TPSA) is 93.8 Å². The van der Waals surface area contributed by atoms with Crippen LogP contribution in [0.5, 0.6) is 0 Å². The van der Waals surface area contributed by atoms with Crippen molar-refractivity contribution in [2.75, 3.05) is 32.7 Å². The Morgan fingerprint density at radius 2 is 1.38 bits per heavy atom. The maximum atomic E-state index is 12.4. The van der Waals surface area contributed by atoms with Gasteiger partial charge in [0.1, 0.15) is 0 Å². The van der Waals surface area contributed by atoms with Gasteiger partial charge in [0.05, 0.1) is 6.54 Å². The molecule has 0 unspecified atom stereocenters. The van der Waals surface area contributed by atoms with E-state index in [0.29, 0.717) is 24.7 Å². The van der Waals surface area contributed by atoms with E-state index >= 15 is 0 Å². The Bertz CT molecular complexity index is 823. The summed E-state index contributed by atoms with van der Waals surface area (Å²) in [5.41, 5.74) is 1.69.